The summed E-state index contributed by atoms with van der Waals surface area (Å²) < 4.78 is 60.6. The fourth-order valence-corrected chi connectivity index (χ4v) is 7.79. The van der Waals surface area contributed by atoms with E-state index in [1.807, 2.05) is 6.26 Å². The van der Waals surface area contributed by atoms with Crippen LogP contribution in [0.15, 0.2) is 81.4 Å². The van der Waals surface area contributed by atoms with Crippen molar-refractivity contribution in [1.29, 1.82) is 0 Å². The summed E-state index contributed by atoms with van der Waals surface area (Å²) in [6, 6.07) is 17.2. The van der Waals surface area contributed by atoms with E-state index >= 15 is 0 Å². The first-order valence-electron chi connectivity index (χ1n) is 12.4. The third-order valence-electron chi connectivity index (χ3n) is 6.47. The normalized spacial score (nSPS) is 14.2. The van der Waals surface area contributed by atoms with Crippen LogP contribution in [-0.4, -0.2) is 60.0 Å². The summed E-state index contributed by atoms with van der Waals surface area (Å²) in [6.07, 6.45) is 3.55. The van der Waals surface area contributed by atoms with Gasteiger partial charge in [0, 0.05) is 30.1 Å². The minimum absolute atomic E-state index is 0.0743. The molecule has 1 N–H and O–H groups in total. The predicted molar refractivity (Wildman–Crippen MR) is 154 cm³/mol. The lowest BCUT2D eigenvalue weighted by atomic mass is 10.2. The van der Waals surface area contributed by atoms with Crippen LogP contribution in [0.5, 0.6) is 5.75 Å². The monoisotopic (exact) mass is 589 g/mol. The van der Waals surface area contributed by atoms with Crippen molar-refractivity contribution in [2.75, 3.05) is 42.6 Å². The zero-order valence-corrected chi connectivity index (χ0v) is 24.4. The number of nitrogens with one attached hydrogen (secondary N) is 1. The summed E-state index contributed by atoms with van der Waals surface area (Å²) in [5.41, 5.74) is 0.906. The van der Waals surface area contributed by atoms with Gasteiger partial charge in [-0.15, -0.1) is 11.8 Å². The Kier molecular flexibility index (Phi) is 8.90. The maximum atomic E-state index is 13.3. The largest absolute Gasteiger partial charge is 0.495 e. The van der Waals surface area contributed by atoms with Gasteiger partial charge in [0.15, 0.2) is 0 Å². The number of methoxy groups -OCH3 is 1. The van der Waals surface area contributed by atoms with Gasteiger partial charge in [0.1, 0.15) is 5.75 Å². The molecule has 0 aliphatic carbocycles. The Morgan fingerprint density at radius 2 is 1.56 bits per heavy atom. The first kappa shape index (κ1) is 28.9. The smallest absolute Gasteiger partial charge is 0.264 e. The van der Waals surface area contributed by atoms with Gasteiger partial charge in [0.2, 0.25) is 10.0 Å². The Hall–Kier alpha value is -3.06. The number of thioether (sulfide) groups is 1. The molecule has 0 spiro atoms. The summed E-state index contributed by atoms with van der Waals surface area (Å²) in [4.78, 5) is 14.3. The number of sulfonamides is 2. The highest BCUT2D eigenvalue weighted by Gasteiger charge is 2.28. The molecule has 3 aromatic carbocycles. The lowest BCUT2D eigenvalue weighted by Crippen LogP contribution is -2.30. The van der Waals surface area contributed by atoms with E-state index in [0.717, 1.165) is 17.7 Å². The SMILES string of the molecule is CCN(c1ccc(C(=O)Nc2cc(S(=O)(=O)N3CCCC3)ccc2OC)cc1)S(=O)(=O)c1ccc(SC)cc1. The molecule has 0 radical (unpaired) electrons. The molecule has 3 aromatic rings. The first-order valence-corrected chi connectivity index (χ1v) is 16.5. The number of carbonyl (C=O) groups is 1. The summed E-state index contributed by atoms with van der Waals surface area (Å²) in [5, 5.41) is 2.73. The predicted octanol–water partition coefficient (Wildman–Crippen LogP) is 4.67. The van der Waals surface area contributed by atoms with Gasteiger partial charge in [-0.3, -0.25) is 9.10 Å². The van der Waals surface area contributed by atoms with Crippen molar-refractivity contribution in [2.45, 2.75) is 34.5 Å². The second kappa shape index (κ2) is 12.0. The topological polar surface area (TPSA) is 113 Å². The highest BCUT2D eigenvalue weighted by atomic mass is 32.2. The molecule has 1 fully saturated rings. The molecular formula is C27H31N3O6S3. The fourth-order valence-electron chi connectivity index (χ4n) is 4.36. The molecule has 0 saturated carbocycles. The number of rotatable bonds is 10. The zero-order chi connectivity index (χ0) is 28.2. The number of benzene rings is 3. The second-order valence-corrected chi connectivity index (χ2v) is 13.5. The van der Waals surface area contributed by atoms with Crippen molar-refractivity contribution in [3.63, 3.8) is 0 Å². The quantitative estimate of drug-likeness (QED) is 0.342. The maximum absolute atomic E-state index is 13.3. The second-order valence-electron chi connectivity index (χ2n) is 8.82. The van der Waals surface area contributed by atoms with Gasteiger partial charge in [0.25, 0.3) is 15.9 Å². The summed E-state index contributed by atoms with van der Waals surface area (Å²) >= 11 is 1.53. The minimum atomic E-state index is -3.80. The van der Waals surface area contributed by atoms with Gasteiger partial charge in [-0.25, -0.2) is 16.8 Å². The van der Waals surface area contributed by atoms with Crippen LogP contribution in [0.3, 0.4) is 0 Å². The van der Waals surface area contributed by atoms with Crippen molar-refractivity contribution in [2.24, 2.45) is 0 Å². The minimum Gasteiger partial charge on any atom is -0.495 e. The molecule has 0 bridgehead atoms. The standard InChI is InChI=1S/C27H31N3O6S3/c1-4-30(39(34,35)23-13-11-22(37-3)12-14-23)21-9-7-20(8-10-21)27(31)28-25-19-24(15-16-26(25)36-2)38(32,33)29-17-5-6-18-29/h7-16,19H,4-6,17-18H2,1-3H3,(H,28,31). The molecule has 1 aliphatic heterocycles. The van der Waals surface area contributed by atoms with Crippen molar-refractivity contribution < 1.29 is 26.4 Å². The molecule has 12 heteroatoms. The van der Waals surface area contributed by atoms with E-state index < -0.39 is 26.0 Å². The number of hydrogen-bond acceptors (Lipinski definition) is 7. The highest BCUT2D eigenvalue weighted by molar-refractivity contribution is 7.98. The number of amides is 1. The van der Waals surface area contributed by atoms with Crippen molar-refractivity contribution in [3.8, 4) is 5.75 Å². The highest BCUT2D eigenvalue weighted by Crippen LogP contribution is 2.31. The van der Waals surface area contributed by atoms with Crippen LogP contribution in [0, 0.1) is 0 Å². The van der Waals surface area contributed by atoms with Gasteiger partial charge < -0.3 is 10.1 Å². The van der Waals surface area contributed by atoms with E-state index in [-0.39, 0.29) is 27.6 Å². The van der Waals surface area contributed by atoms with Gasteiger partial charge in [-0.1, -0.05) is 0 Å². The van der Waals surface area contributed by atoms with Crippen LogP contribution in [0.2, 0.25) is 0 Å². The van der Waals surface area contributed by atoms with Gasteiger partial charge in [-0.2, -0.15) is 4.31 Å². The van der Waals surface area contributed by atoms with Crippen LogP contribution in [-0.2, 0) is 20.0 Å². The van der Waals surface area contributed by atoms with Gasteiger partial charge in [0.05, 0.1) is 28.3 Å². The van der Waals surface area contributed by atoms with Crippen LogP contribution >= 0.6 is 11.8 Å². The average molecular weight is 590 g/mol. The number of carbonyl (C=O) groups excluding carboxylic acids is 1. The van der Waals surface area contributed by atoms with Crippen LogP contribution < -0.4 is 14.4 Å². The molecule has 0 aromatic heterocycles. The fraction of sp³-hybridized carbons (Fsp3) is 0.296. The Labute approximate surface area is 234 Å². The van der Waals surface area contributed by atoms with Crippen molar-refractivity contribution >= 4 is 49.1 Å². The lowest BCUT2D eigenvalue weighted by molar-refractivity contribution is 0.102. The van der Waals surface area contributed by atoms with E-state index in [2.05, 4.69) is 5.32 Å². The molecule has 208 valence electrons. The molecule has 1 saturated heterocycles. The Morgan fingerprint density at radius 3 is 2.13 bits per heavy atom. The third-order valence-corrected chi connectivity index (χ3v) is 11.0. The van der Waals surface area contributed by atoms with Gasteiger partial charge >= 0.3 is 0 Å². The van der Waals surface area contributed by atoms with E-state index in [4.69, 9.17) is 4.74 Å². The van der Waals surface area contributed by atoms with Crippen LogP contribution in [0.1, 0.15) is 30.1 Å². The Bertz CT molecular complexity index is 1530. The Morgan fingerprint density at radius 1 is 0.949 bits per heavy atom. The molecule has 4 rings (SSSR count). The maximum Gasteiger partial charge on any atom is 0.264 e. The summed E-state index contributed by atoms with van der Waals surface area (Å²) in [6.45, 7) is 2.88. The molecule has 0 atom stereocenters. The van der Waals surface area contributed by atoms with Crippen molar-refractivity contribution in [1.82, 2.24) is 4.31 Å². The third kappa shape index (κ3) is 6.08. The average Bonchev–Trinajstić information content (AvgIpc) is 3.50. The van der Waals surface area contributed by atoms with Gasteiger partial charge in [-0.05, 0) is 92.8 Å². The van der Waals surface area contributed by atoms with E-state index in [1.54, 1.807) is 43.3 Å². The molecular weight excluding hydrogens is 559 g/mol. The summed E-state index contributed by atoms with van der Waals surface area (Å²) in [5.74, 6) is -0.176. The van der Waals surface area contributed by atoms with E-state index in [9.17, 15) is 21.6 Å². The number of ether oxygens (including phenoxy) is 1. The summed E-state index contributed by atoms with van der Waals surface area (Å²) in [7, 11) is -6.05. The number of anilines is 2. The zero-order valence-electron chi connectivity index (χ0n) is 22.0. The number of hydrogen-bond donors (Lipinski definition) is 1. The van der Waals surface area contributed by atoms with Crippen LogP contribution in [0.4, 0.5) is 11.4 Å². The Balaban J connectivity index is 1.55. The van der Waals surface area contributed by atoms with E-state index in [0.29, 0.717) is 24.5 Å². The lowest BCUT2D eigenvalue weighted by Gasteiger charge is -2.23. The molecule has 0 unspecified atom stereocenters. The van der Waals surface area contributed by atoms with E-state index in [1.165, 1.54) is 57.8 Å². The number of nitrogens with zero attached hydrogens (tertiary/aromatic N) is 2. The van der Waals surface area contributed by atoms with Crippen LogP contribution in [0.25, 0.3) is 0 Å². The molecule has 1 amide bonds. The first-order chi connectivity index (χ1) is 18.6. The molecule has 1 heterocycles. The van der Waals surface area contributed by atoms with Crippen molar-refractivity contribution in [3.05, 3.63) is 72.3 Å². The molecule has 9 nitrogen and oxygen atoms in total. The molecule has 39 heavy (non-hydrogen) atoms. The molecule has 1 aliphatic rings.